The third-order valence-corrected chi connectivity index (χ3v) is 3.96. The number of primary amides is 2. The second-order valence-corrected chi connectivity index (χ2v) is 5.67. The van der Waals surface area contributed by atoms with Crippen molar-refractivity contribution in [2.24, 2.45) is 11.5 Å². The highest BCUT2D eigenvalue weighted by molar-refractivity contribution is 7.99. The Hall–Kier alpha value is -1.92. The molecule has 0 heterocycles. The molecule has 0 aliphatic heterocycles. The highest BCUT2D eigenvalue weighted by atomic mass is 32.2. The number of carbonyl (C=O) groups is 2. The number of amides is 2. The number of thiol groups is 1. The van der Waals surface area contributed by atoms with Crippen molar-refractivity contribution in [3.05, 3.63) is 53.6 Å². The van der Waals surface area contributed by atoms with Crippen LogP contribution in [0.5, 0.6) is 0 Å². The smallest absolute Gasteiger partial charge is 0.249 e. The van der Waals surface area contributed by atoms with Gasteiger partial charge in [0.25, 0.3) is 0 Å². The Morgan fingerprint density at radius 1 is 0.950 bits per heavy atom. The van der Waals surface area contributed by atoms with Gasteiger partial charge in [-0.15, -0.1) is 12.6 Å². The summed E-state index contributed by atoms with van der Waals surface area (Å²) < 4.78 is 0. The Balaban J connectivity index is 2.30. The van der Waals surface area contributed by atoms with Crippen molar-refractivity contribution in [2.45, 2.75) is 14.7 Å². The van der Waals surface area contributed by atoms with Gasteiger partial charge in [-0.05, 0) is 36.4 Å². The molecule has 6 heteroatoms. The van der Waals surface area contributed by atoms with Crippen LogP contribution in [-0.4, -0.2) is 11.8 Å². The molecule has 2 aromatic rings. The van der Waals surface area contributed by atoms with Gasteiger partial charge in [-0.2, -0.15) is 0 Å². The van der Waals surface area contributed by atoms with Gasteiger partial charge in [0.2, 0.25) is 11.8 Å². The largest absolute Gasteiger partial charge is 0.366 e. The summed E-state index contributed by atoms with van der Waals surface area (Å²) in [7, 11) is 0. The zero-order chi connectivity index (χ0) is 14.7. The Labute approximate surface area is 125 Å². The number of rotatable bonds is 4. The highest BCUT2D eigenvalue weighted by Gasteiger charge is 2.08. The molecule has 2 amide bonds. The summed E-state index contributed by atoms with van der Waals surface area (Å²) in [6, 6.07) is 12.2. The molecule has 0 saturated heterocycles. The highest BCUT2D eigenvalue weighted by Crippen LogP contribution is 2.30. The van der Waals surface area contributed by atoms with Gasteiger partial charge in [0, 0.05) is 20.2 Å². The zero-order valence-electron chi connectivity index (χ0n) is 10.4. The zero-order valence-corrected chi connectivity index (χ0v) is 12.1. The van der Waals surface area contributed by atoms with Crippen LogP contribution in [0.2, 0.25) is 0 Å². The third-order valence-electron chi connectivity index (χ3n) is 2.59. The fraction of sp³-hybridized carbons (Fsp3) is 0. The quantitative estimate of drug-likeness (QED) is 0.758. The molecule has 0 spiro atoms. The molecule has 102 valence electrons. The first-order valence-corrected chi connectivity index (χ1v) is 6.94. The molecule has 4 N–H and O–H groups in total. The van der Waals surface area contributed by atoms with Gasteiger partial charge in [-0.3, -0.25) is 9.59 Å². The molecule has 0 bridgehead atoms. The average Bonchev–Trinajstić information content (AvgIpc) is 2.41. The monoisotopic (exact) mass is 304 g/mol. The first-order valence-electron chi connectivity index (χ1n) is 5.68. The van der Waals surface area contributed by atoms with E-state index in [0.29, 0.717) is 16.0 Å². The number of hydrogen-bond donors (Lipinski definition) is 3. The molecule has 0 aliphatic rings. The van der Waals surface area contributed by atoms with Gasteiger partial charge in [0.1, 0.15) is 0 Å². The summed E-state index contributed by atoms with van der Waals surface area (Å²) in [6.07, 6.45) is 0. The third kappa shape index (κ3) is 3.34. The molecule has 0 saturated carbocycles. The van der Waals surface area contributed by atoms with Crippen LogP contribution in [0.15, 0.2) is 57.2 Å². The van der Waals surface area contributed by atoms with Crippen LogP contribution in [0, 0.1) is 0 Å². The molecule has 0 aromatic heterocycles. The number of benzene rings is 2. The van der Waals surface area contributed by atoms with Crippen molar-refractivity contribution in [1.29, 1.82) is 0 Å². The van der Waals surface area contributed by atoms with Crippen molar-refractivity contribution in [3.63, 3.8) is 0 Å². The predicted molar refractivity (Wildman–Crippen MR) is 81.3 cm³/mol. The number of carbonyl (C=O) groups excluding carboxylic acids is 2. The average molecular weight is 304 g/mol. The van der Waals surface area contributed by atoms with E-state index < -0.39 is 11.8 Å². The number of nitrogens with two attached hydrogens (primary N) is 2. The van der Waals surface area contributed by atoms with E-state index in [0.717, 1.165) is 9.79 Å². The molecule has 20 heavy (non-hydrogen) atoms. The van der Waals surface area contributed by atoms with Crippen molar-refractivity contribution < 1.29 is 9.59 Å². The van der Waals surface area contributed by atoms with E-state index in [-0.39, 0.29) is 0 Å². The molecular formula is C14H12N2O2S2. The standard InChI is InChI=1S/C14H12N2O2S2/c15-13(17)8-2-1-3-9(6-8)20-10-4-5-12(19)11(7-10)14(16)18/h1-7,19H,(H2,15,17)(H2,16,18). The van der Waals surface area contributed by atoms with Crippen LogP contribution in [0.25, 0.3) is 0 Å². The molecule has 0 unspecified atom stereocenters. The first-order chi connectivity index (χ1) is 9.47. The van der Waals surface area contributed by atoms with Gasteiger partial charge in [-0.25, -0.2) is 0 Å². The molecule has 2 rings (SSSR count). The van der Waals surface area contributed by atoms with Crippen molar-refractivity contribution in [3.8, 4) is 0 Å². The Morgan fingerprint density at radius 3 is 2.30 bits per heavy atom. The molecule has 0 radical (unpaired) electrons. The number of hydrogen-bond acceptors (Lipinski definition) is 4. The minimum absolute atomic E-state index is 0.365. The Bertz CT molecular complexity index is 687. The van der Waals surface area contributed by atoms with E-state index in [2.05, 4.69) is 12.6 Å². The molecule has 0 atom stereocenters. The summed E-state index contributed by atoms with van der Waals surface area (Å²) in [5.41, 5.74) is 11.3. The maximum absolute atomic E-state index is 11.3. The predicted octanol–water partition coefficient (Wildman–Crippen LogP) is 2.32. The van der Waals surface area contributed by atoms with Crippen LogP contribution >= 0.6 is 24.4 Å². The summed E-state index contributed by atoms with van der Waals surface area (Å²) in [5.74, 6) is -1.00. The lowest BCUT2D eigenvalue weighted by atomic mass is 10.2. The van der Waals surface area contributed by atoms with Crippen molar-refractivity contribution in [1.82, 2.24) is 0 Å². The summed E-state index contributed by atoms with van der Waals surface area (Å²) in [4.78, 5) is 24.6. The van der Waals surface area contributed by atoms with Crippen molar-refractivity contribution >= 4 is 36.2 Å². The van der Waals surface area contributed by atoms with Crippen LogP contribution in [0.4, 0.5) is 0 Å². The summed E-state index contributed by atoms with van der Waals surface area (Å²) in [5, 5.41) is 0. The van der Waals surface area contributed by atoms with E-state index in [1.165, 1.54) is 11.8 Å². The second kappa shape index (κ2) is 6.02. The van der Waals surface area contributed by atoms with Crippen molar-refractivity contribution in [2.75, 3.05) is 0 Å². The summed E-state index contributed by atoms with van der Waals surface area (Å²) in [6.45, 7) is 0. The molecular weight excluding hydrogens is 292 g/mol. The molecule has 0 fully saturated rings. The van der Waals surface area contributed by atoms with E-state index >= 15 is 0 Å². The van der Waals surface area contributed by atoms with E-state index in [9.17, 15) is 9.59 Å². The Kier molecular flexibility index (Phi) is 4.36. The van der Waals surface area contributed by atoms with E-state index in [1.807, 2.05) is 12.1 Å². The molecule has 4 nitrogen and oxygen atoms in total. The SMILES string of the molecule is NC(=O)c1cccc(Sc2ccc(S)c(C(N)=O)c2)c1. The lowest BCUT2D eigenvalue weighted by molar-refractivity contribution is 0.0990. The molecule has 0 aliphatic carbocycles. The normalized spacial score (nSPS) is 10.2. The maximum atomic E-state index is 11.3. The van der Waals surface area contributed by atoms with Gasteiger partial charge in [-0.1, -0.05) is 17.8 Å². The van der Waals surface area contributed by atoms with Gasteiger partial charge >= 0.3 is 0 Å². The van der Waals surface area contributed by atoms with Crippen LogP contribution in [-0.2, 0) is 0 Å². The van der Waals surface area contributed by atoms with Crippen LogP contribution in [0.1, 0.15) is 20.7 Å². The van der Waals surface area contributed by atoms with Gasteiger partial charge < -0.3 is 11.5 Å². The lowest BCUT2D eigenvalue weighted by Gasteiger charge is -2.06. The molecule has 2 aromatic carbocycles. The Morgan fingerprint density at radius 2 is 1.65 bits per heavy atom. The fourth-order valence-electron chi connectivity index (χ4n) is 1.62. The van der Waals surface area contributed by atoms with Crippen LogP contribution in [0.3, 0.4) is 0 Å². The maximum Gasteiger partial charge on any atom is 0.249 e. The van der Waals surface area contributed by atoms with E-state index in [4.69, 9.17) is 11.5 Å². The van der Waals surface area contributed by atoms with E-state index in [1.54, 1.807) is 30.3 Å². The minimum Gasteiger partial charge on any atom is -0.366 e. The second-order valence-electron chi connectivity index (χ2n) is 4.04. The van der Waals surface area contributed by atoms with Gasteiger partial charge in [0.15, 0.2) is 0 Å². The van der Waals surface area contributed by atoms with Crippen LogP contribution < -0.4 is 11.5 Å². The lowest BCUT2D eigenvalue weighted by Crippen LogP contribution is -2.11. The fourth-order valence-corrected chi connectivity index (χ4v) is 2.79. The topological polar surface area (TPSA) is 86.2 Å². The first kappa shape index (κ1) is 14.5. The summed E-state index contributed by atoms with van der Waals surface area (Å²) >= 11 is 5.59. The van der Waals surface area contributed by atoms with Gasteiger partial charge in [0.05, 0.1) is 5.56 Å². The minimum atomic E-state index is -0.525.